The zero-order chi connectivity index (χ0) is 11.0. The molecule has 1 aromatic carbocycles. The van der Waals surface area contributed by atoms with Crippen LogP contribution in [0.1, 0.15) is 25.0 Å². The molecule has 1 rings (SSSR count). The van der Waals surface area contributed by atoms with Gasteiger partial charge in [0.25, 0.3) is 0 Å². The molecular weight excluding hydrogens is 236 g/mol. The summed E-state index contributed by atoms with van der Waals surface area (Å²) in [6, 6.07) is 8.27. The lowest BCUT2D eigenvalue weighted by atomic mass is 10.1. The second kappa shape index (κ2) is 7.57. The van der Waals surface area contributed by atoms with Crippen molar-refractivity contribution < 1.29 is 0 Å². The molecule has 14 heavy (non-hydrogen) atoms. The third kappa shape index (κ3) is 6.67. The first kappa shape index (κ1) is 13.2. The van der Waals surface area contributed by atoms with Crippen LogP contribution in [0.5, 0.6) is 0 Å². The maximum Gasteiger partial charge on any atom is 0.0283 e. The van der Waals surface area contributed by atoms with Gasteiger partial charge in [0.1, 0.15) is 0 Å². The Morgan fingerprint density at radius 1 is 1.43 bits per heavy atom. The molecule has 1 aromatic rings. The predicted molar refractivity (Wildman–Crippen MR) is 69.7 cm³/mol. The van der Waals surface area contributed by atoms with Crippen LogP contribution in [0.3, 0.4) is 0 Å². The minimum atomic E-state index is 0.911. The number of benzene rings is 1. The van der Waals surface area contributed by atoms with Gasteiger partial charge in [0.05, 0.1) is 0 Å². The highest BCUT2D eigenvalue weighted by atomic mass is 79.9. The molecule has 0 saturated carbocycles. The summed E-state index contributed by atoms with van der Waals surface area (Å²) in [6.45, 7) is 11.2. The second-order valence-corrected chi connectivity index (χ2v) is 3.85. The van der Waals surface area contributed by atoms with Crippen LogP contribution in [0.25, 0.3) is 6.08 Å². The molecular formula is C13H17Br. The summed E-state index contributed by atoms with van der Waals surface area (Å²) in [4.78, 5) is 0. The molecule has 1 heteroatoms. The standard InChI is InChI=1S/C9H9Br.C4H8/c1-2-8-4-3-5-9(6-8)7-10;1-4(2)3/h2-6H,1,7H2;1H2,2-3H3. The number of rotatable bonds is 2. The minimum absolute atomic E-state index is 0.911. The van der Waals surface area contributed by atoms with E-state index < -0.39 is 0 Å². The highest BCUT2D eigenvalue weighted by Crippen LogP contribution is 2.08. The monoisotopic (exact) mass is 252 g/mol. The van der Waals surface area contributed by atoms with Crippen molar-refractivity contribution in [2.75, 3.05) is 0 Å². The van der Waals surface area contributed by atoms with Crippen LogP contribution in [0, 0.1) is 0 Å². The Morgan fingerprint density at radius 3 is 2.43 bits per heavy atom. The van der Waals surface area contributed by atoms with E-state index in [1.807, 2.05) is 32.1 Å². The van der Waals surface area contributed by atoms with Gasteiger partial charge in [-0.2, -0.15) is 0 Å². The molecule has 76 valence electrons. The van der Waals surface area contributed by atoms with Crippen molar-refractivity contribution in [2.45, 2.75) is 19.2 Å². The van der Waals surface area contributed by atoms with E-state index in [1.165, 1.54) is 16.7 Å². The predicted octanol–water partition coefficient (Wildman–Crippen LogP) is 4.81. The first-order valence-electron chi connectivity index (χ1n) is 4.49. The Morgan fingerprint density at radius 2 is 2.00 bits per heavy atom. The van der Waals surface area contributed by atoms with Crippen LogP contribution in [0.15, 0.2) is 43.0 Å². The van der Waals surface area contributed by atoms with Crippen molar-refractivity contribution in [1.82, 2.24) is 0 Å². The van der Waals surface area contributed by atoms with Crippen LogP contribution in [-0.2, 0) is 5.33 Å². The average Bonchev–Trinajstić information content (AvgIpc) is 2.17. The van der Waals surface area contributed by atoms with Gasteiger partial charge in [-0.25, -0.2) is 0 Å². The number of halogens is 1. The molecule has 0 fully saturated rings. The topological polar surface area (TPSA) is 0 Å². The highest BCUT2D eigenvalue weighted by Gasteiger charge is 1.88. The smallest absolute Gasteiger partial charge is 0.0283 e. The third-order valence-electron chi connectivity index (χ3n) is 1.34. The third-order valence-corrected chi connectivity index (χ3v) is 1.99. The van der Waals surface area contributed by atoms with Crippen molar-refractivity contribution >= 4 is 22.0 Å². The van der Waals surface area contributed by atoms with Gasteiger partial charge in [-0.15, -0.1) is 6.58 Å². The van der Waals surface area contributed by atoms with Crippen molar-refractivity contribution in [3.05, 3.63) is 54.1 Å². The lowest BCUT2D eigenvalue weighted by Crippen LogP contribution is -1.76. The Hall–Kier alpha value is -0.820. The van der Waals surface area contributed by atoms with Crippen LogP contribution in [-0.4, -0.2) is 0 Å². The summed E-state index contributed by atoms with van der Waals surface area (Å²) in [5.74, 6) is 0. The van der Waals surface area contributed by atoms with Gasteiger partial charge < -0.3 is 0 Å². The fourth-order valence-corrected chi connectivity index (χ4v) is 1.15. The largest absolute Gasteiger partial charge is 0.100 e. The Kier molecular flexibility index (Phi) is 7.13. The number of hydrogen-bond acceptors (Lipinski definition) is 0. The Bertz CT molecular complexity index is 296. The molecule has 0 N–H and O–H groups in total. The summed E-state index contributed by atoms with van der Waals surface area (Å²) in [5.41, 5.74) is 3.63. The molecule has 0 amide bonds. The van der Waals surface area contributed by atoms with Crippen LogP contribution in [0.2, 0.25) is 0 Å². The molecule has 0 heterocycles. The molecule has 0 bridgehead atoms. The van der Waals surface area contributed by atoms with Gasteiger partial charge in [-0.3, -0.25) is 0 Å². The van der Waals surface area contributed by atoms with Crippen molar-refractivity contribution in [1.29, 1.82) is 0 Å². The van der Waals surface area contributed by atoms with E-state index in [0.29, 0.717) is 0 Å². The van der Waals surface area contributed by atoms with Gasteiger partial charge in [0.2, 0.25) is 0 Å². The van der Waals surface area contributed by atoms with Crippen molar-refractivity contribution in [3.8, 4) is 0 Å². The molecule has 0 nitrogen and oxygen atoms in total. The molecule has 0 aliphatic heterocycles. The quantitative estimate of drug-likeness (QED) is 0.524. The lowest BCUT2D eigenvalue weighted by molar-refractivity contribution is 1.42. The zero-order valence-electron chi connectivity index (χ0n) is 8.89. The number of allylic oxidation sites excluding steroid dienone is 1. The Balaban J connectivity index is 0.000000364. The maximum absolute atomic E-state index is 3.69. The van der Waals surface area contributed by atoms with Crippen LogP contribution < -0.4 is 0 Å². The van der Waals surface area contributed by atoms with E-state index >= 15 is 0 Å². The summed E-state index contributed by atoms with van der Waals surface area (Å²) in [7, 11) is 0. The van der Waals surface area contributed by atoms with E-state index in [1.54, 1.807) is 0 Å². The van der Waals surface area contributed by atoms with E-state index in [-0.39, 0.29) is 0 Å². The first-order valence-corrected chi connectivity index (χ1v) is 5.61. The van der Waals surface area contributed by atoms with Crippen molar-refractivity contribution in [2.24, 2.45) is 0 Å². The summed E-state index contributed by atoms with van der Waals surface area (Å²) in [6.07, 6.45) is 1.85. The summed E-state index contributed by atoms with van der Waals surface area (Å²) in [5, 5.41) is 0.911. The molecule has 0 radical (unpaired) electrons. The summed E-state index contributed by atoms with van der Waals surface area (Å²) < 4.78 is 0. The Labute approximate surface area is 95.5 Å². The highest BCUT2D eigenvalue weighted by molar-refractivity contribution is 9.08. The van der Waals surface area contributed by atoms with Gasteiger partial charge in [-0.05, 0) is 25.0 Å². The lowest BCUT2D eigenvalue weighted by Gasteiger charge is -1.95. The van der Waals surface area contributed by atoms with Crippen LogP contribution >= 0.6 is 15.9 Å². The molecule has 0 aliphatic carbocycles. The average molecular weight is 253 g/mol. The molecule has 0 saturated heterocycles. The molecule has 0 spiro atoms. The van der Waals surface area contributed by atoms with Gasteiger partial charge in [0.15, 0.2) is 0 Å². The molecule has 0 unspecified atom stereocenters. The normalized spacial score (nSPS) is 8.50. The van der Waals surface area contributed by atoms with Crippen LogP contribution in [0.4, 0.5) is 0 Å². The molecule has 0 aromatic heterocycles. The first-order chi connectivity index (χ1) is 6.60. The number of hydrogen-bond donors (Lipinski definition) is 0. The fraction of sp³-hybridized carbons (Fsp3) is 0.231. The molecule has 0 atom stereocenters. The van der Waals surface area contributed by atoms with E-state index in [9.17, 15) is 0 Å². The van der Waals surface area contributed by atoms with Gasteiger partial charge >= 0.3 is 0 Å². The van der Waals surface area contributed by atoms with Crippen molar-refractivity contribution in [3.63, 3.8) is 0 Å². The molecule has 0 aliphatic rings. The van der Waals surface area contributed by atoms with E-state index in [2.05, 4.69) is 41.2 Å². The fourth-order valence-electron chi connectivity index (χ4n) is 0.803. The summed E-state index contributed by atoms with van der Waals surface area (Å²) >= 11 is 3.39. The maximum atomic E-state index is 3.69. The zero-order valence-corrected chi connectivity index (χ0v) is 10.5. The van der Waals surface area contributed by atoms with E-state index in [0.717, 1.165) is 5.33 Å². The van der Waals surface area contributed by atoms with E-state index in [4.69, 9.17) is 0 Å². The minimum Gasteiger partial charge on any atom is -0.100 e. The van der Waals surface area contributed by atoms with Gasteiger partial charge in [0, 0.05) is 5.33 Å². The SMILES string of the molecule is C=C(C)C.C=Cc1cccc(CBr)c1. The second-order valence-electron chi connectivity index (χ2n) is 3.29. The van der Waals surface area contributed by atoms with Gasteiger partial charge in [-0.1, -0.05) is 58.4 Å². The number of alkyl halides is 1.